The van der Waals surface area contributed by atoms with Crippen molar-refractivity contribution in [1.29, 1.82) is 0 Å². The number of nitrogens with one attached hydrogen (secondary N) is 2. The van der Waals surface area contributed by atoms with E-state index in [1.165, 1.54) is 19.2 Å². The maximum Gasteiger partial charge on any atom is 0.263 e. The number of methoxy groups -OCH3 is 1. The third kappa shape index (κ3) is 4.41. The average Bonchev–Trinajstić information content (AvgIpc) is 3.25. The van der Waals surface area contributed by atoms with Crippen molar-refractivity contribution >= 4 is 32.7 Å². The fourth-order valence-electron chi connectivity index (χ4n) is 3.15. The first-order valence-corrected chi connectivity index (χ1v) is 10.8. The summed E-state index contributed by atoms with van der Waals surface area (Å²) in [5, 5.41) is 3.19. The van der Waals surface area contributed by atoms with Crippen LogP contribution in [0.2, 0.25) is 0 Å². The van der Waals surface area contributed by atoms with Crippen LogP contribution in [0.5, 0.6) is 5.75 Å². The molecule has 0 unspecified atom stereocenters. The summed E-state index contributed by atoms with van der Waals surface area (Å²) in [6.45, 7) is 1.27. The molecule has 2 heterocycles. The fourth-order valence-corrected chi connectivity index (χ4v) is 4.16. The molecule has 2 N–H and O–H groups in total. The minimum Gasteiger partial charge on any atom is -0.497 e. The first-order valence-electron chi connectivity index (χ1n) is 9.34. The number of ether oxygens (including phenoxy) is 2. The molecule has 1 aliphatic rings. The standard InChI is InChI=1S/C20H22N4O4S/c1-27-14-8-10-16(11-9-14)29(25,26)24-20-19(21-13-15-5-4-12-28-15)22-17-6-2-3-7-18(17)23-20/h2-3,6-11,15H,4-5,12-13H2,1H3,(H,21,22)(H,23,24)/t15-/m1/s1. The molecule has 0 spiro atoms. The molecule has 29 heavy (non-hydrogen) atoms. The SMILES string of the molecule is COc1ccc(S(=O)(=O)Nc2nc3ccccc3nc2NC[C@H]2CCCO2)cc1. The summed E-state index contributed by atoms with van der Waals surface area (Å²) < 4.78 is 39.0. The Hall–Kier alpha value is -2.91. The van der Waals surface area contributed by atoms with Crippen LogP contribution in [0, 0.1) is 0 Å². The lowest BCUT2D eigenvalue weighted by molar-refractivity contribution is 0.120. The summed E-state index contributed by atoms with van der Waals surface area (Å²) in [6.07, 6.45) is 2.06. The van der Waals surface area contributed by atoms with Gasteiger partial charge >= 0.3 is 0 Å². The van der Waals surface area contributed by atoms with Gasteiger partial charge in [-0.2, -0.15) is 0 Å². The van der Waals surface area contributed by atoms with Crippen molar-refractivity contribution in [3.8, 4) is 5.75 Å². The Labute approximate surface area is 169 Å². The summed E-state index contributed by atoms with van der Waals surface area (Å²) in [6, 6.07) is 13.5. The minimum absolute atomic E-state index is 0.0781. The number of aromatic nitrogens is 2. The molecule has 1 saturated heterocycles. The topological polar surface area (TPSA) is 102 Å². The van der Waals surface area contributed by atoms with Crippen LogP contribution in [0.15, 0.2) is 53.4 Å². The van der Waals surface area contributed by atoms with Crippen LogP contribution in [0.25, 0.3) is 11.0 Å². The third-order valence-electron chi connectivity index (χ3n) is 4.69. The summed E-state index contributed by atoms with van der Waals surface area (Å²) in [4.78, 5) is 9.16. The van der Waals surface area contributed by atoms with E-state index in [0.717, 1.165) is 19.4 Å². The molecule has 1 aromatic heterocycles. The molecule has 1 fully saturated rings. The number of hydrogen-bond acceptors (Lipinski definition) is 7. The second-order valence-corrected chi connectivity index (χ2v) is 8.39. The van der Waals surface area contributed by atoms with Gasteiger partial charge in [0, 0.05) is 13.2 Å². The normalized spacial score (nSPS) is 16.7. The Morgan fingerprint density at radius 1 is 1.07 bits per heavy atom. The van der Waals surface area contributed by atoms with E-state index in [-0.39, 0.29) is 16.8 Å². The summed E-state index contributed by atoms with van der Waals surface area (Å²) in [5.74, 6) is 1.10. The van der Waals surface area contributed by atoms with Crippen LogP contribution in [-0.4, -0.2) is 44.8 Å². The van der Waals surface area contributed by atoms with Gasteiger partial charge < -0.3 is 14.8 Å². The number of para-hydroxylation sites is 2. The molecule has 0 aliphatic carbocycles. The van der Waals surface area contributed by atoms with Crippen LogP contribution < -0.4 is 14.8 Å². The van der Waals surface area contributed by atoms with Gasteiger partial charge in [0.15, 0.2) is 11.6 Å². The molecule has 1 aliphatic heterocycles. The lowest BCUT2D eigenvalue weighted by Crippen LogP contribution is -2.21. The van der Waals surface area contributed by atoms with Crippen LogP contribution in [0.3, 0.4) is 0 Å². The number of nitrogens with zero attached hydrogens (tertiary/aromatic N) is 2. The predicted molar refractivity (Wildman–Crippen MR) is 111 cm³/mol. The van der Waals surface area contributed by atoms with Crippen molar-refractivity contribution in [2.75, 3.05) is 30.3 Å². The first-order chi connectivity index (χ1) is 14.0. The van der Waals surface area contributed by atoms with Gasteiger partial charge in [-0.05, 0) is 49.2 Å². The third-order valence-corrected chi connectivity index (χ3v) is 6.05. The number of anilines is 2. The van der Waals surface area contributed by atoms with Crippen LogP contribution in [-0.2, 0) is 14.8 Å². The van der Waals surface area contributed by atoms with Crippen molar-refractivity contribution in [3.05, 3.63) is 48.5 Å². The summed E-state index contributed by atoms with van der Waals surface area (Å²) in [5.41, 5.74) is 1.28. The van der Waals surface area contributed by atoms with Gasteiger partial charge in [-0.3, -0.25) is 4.72 Å². The smallest absolute Gasteiger partial charge is 0.263 e. The highest BCUT2D eigenvalue weighted by Crippen LogP contribution is 2.25. The quantitative estimate of drug-likeness (QED) is 0.613. The van der Waals surface area contributed by atoms with Crippen molar-refractivity contribution in [1.82, 2.24) is 9.97 Å². The Morgan fingerprint density at radius 2 is 1.76 bits per heavy atom. The van der Waals surface area contributed by atoms with E-state index < -0.39 is 10.0 Å². The lowest BCUT2D eigenvalue weighted by Gasteiger charge is -2.16. The number of hydrogen-bond donors (Lipinski definition) is 2. The maximum atomic E-state index is 12.9. The molecule has 152 valence electrons. The van der Waals surface area contributed by atoms with Gasteiger partial charge in [-0.25, -0.2) is 18.4 Å². The summed E-state index contributed by atoms with van der Waals surface area (Å²) in [7, 11) is -2.32. The van der Waals surface area contributed by atoms with Gasteiger partial charge in [-0.1, -0.05) is 12.1 Å². The number of rotatable bonds is 7. The van der Waals surface area contributed by atoms with Crippen LogP contribution in [0.4, 0.5) is 11.6 Å². The Balaban J connectivity index is 1.65. The van der Waals surface area contributed by atoms with Gasteiger partial charge in [0.2, 0.25) is 0 Å². The van der Waals surface area contributed by atoms with E-state index in [0.29, 0.717) is 29.1 Å². The Kier molecular flexibility index (Phi) is 5.50. The van der Waals surface area contributed by atoms with Gasteiger partial charge in [0.05, 0.1) is 29.1 Å². The van der Waals surface area contributed by atoms with Crippen molar-refractivity contribution < 1.29 is 17.9 Å². The van der Waals surface area contributed by atoms with Crippen molar-refractivity contribution in [3.63, 3.8) is 0 Å². The zero-order valence-electron chi connectivity index (χ0n) is 16.0. The van der Waals surface area contributed by atoms with E-state index in [4.69, 9.17) is 9.47 Å². The molecule has 0 bridgehead atoms. The molecule has 9 heteroatoms. The van der Waals surface area contributed by atoms with E-state index in [9.17, 15) is 8.42 Å². The van der Waals surface area contributed by atoms with Crippen molar-refractivity contribution in [2.45, 2.75) is 23.8 Å². The van der Waals surface area contributed by atoms with E-state index in [1.54, 1.807) is 18.2 Å². The fraction of sp³-hybridized carbons (Fsp3) is 0.300. The monoisotopic (exact) mass is 414 g/mol. The van der Waals surface area contributed by atoms with Crippen molar-refractivity contribution in [2.24, 2.45) is 0 Å². The molecular weight excluding hydrogens is 392 g/mol. The maximum absolute atomic E-state index is 12.9. The van der Waals surface area contributed by atoms with Gasteiger partial charge in [0.25, 0.3) is 10.0 Å². The van der Waals surface area contributed by atoms with E-state index in [1.807, 2.05) is 18.2 Å². The second kappa shape index (κ2) is 8.22. The Bertz CT molecular complexity index is 1100. The zero-order chi connectivity index (χ0) is 20.3. The lowest BCUT2D eigenvalue weighted by atomic mass is 10.2. The number of benzene rings is 2. The summed E-state index contributed by atoms with van der Waals surface area (Å²) >= 11 is 0. The highest BCUT2D eigenvalue weighted by molar-refractivity contribution is 7.92. The van der Waals surface area contributed by atoms with Gasteiger partial charge in [-0.15, -0.1) is 0 Å². The van der Waals surface area contributed by atoms with E-state index >= 15 is 0 Å². The Morgan fingerprint density at radius 3 is 2.38 bits per heavy atom. The number of fused-ring (bicyclic) bond motifs is 1. The second-order valence-electron chi connectivity index (χ2n) is 6.71. The molecule has 2 aromatic carbocycles. The molecule has 0 saturated carbocycles. The molecular formula is C20H22N4O4S. The molecule has 8 nitrogen and oxygen atoms in total. The van der Waals surface area contributed by atoms with Crippen LogP contribution >= 0.6 is 0 Å². The average molecular weight is 414 g/mol. The molecule has 1 atom stereocenters. The first kappa shape index (κ1) is 19.4. The van der Waals surface area contributed by atoms with E-state index in [2.05, 4.69) is 20.0 Å². The zero-order valence-corrected chi connectivity index (χ0v) is 16.8. The molecule has 3 aromatic rings. The molecule has 4 rings (SSSR count). The van der Waals surface area contributed by atoms with Crippen LogP contribution in [0.1, 0.15) is 12.8 Å². The van der Waals surface area contributed by atoms with Gasteiger partial charge in [0.1, 0.15) is 5.75 Å². The minimum atomic E-state index is -3.85. The number of sulfonamides is 1. The molecule has 0 radical (unpaired) electrons. The highest BCUT2D eigenvalue weighted by Gasteiger charge is 2.21. The largest absolute Gasteiger partial charge is 0.497 e. The molecule has 0 amide bonds. The highest BCUT2D eigenvalue weighted by atomic mass is 32.2. The predicted octanol–water partition coefficient (Wildman–Crippen LogP) is 3.03.